The summed E-state index contributed by atoms with van der Waals surface area (Å²) in [6.45, 7) is 2.29. The van der Waals surface area contributed by atoms with E-state index in [1.807, 2.05) is 24.3 Å². The van der Waals surface area contributed by atoms with Gasteiger partial charge in [0, 0.05) is 36.0 Å². The minimum atomic E-state index is -4.78. The highest BCUT2D eigenvalue weighted by Crippen LogP contribution is 2.33. The molecule has 212 valence electrons. The fourth-order valence-electron chi connectivity index (χ4n) is 4.20. The molecule has 1 aliphatic heterocycles. The van der Waals surface area contributed by atoms with Crippen molar-refractivity contribution in [2.45, 2.75) is 44.3 Å². The molecule has 7 nitrogen and oxygen atoms in total. The largest absolute Gasteiger partial charge is 0.573 e. The summed E-state index contributed by atoms with van der Waals surface area (Å²) in [6, 6.07) is 20.0. The highest BCUT2D eigenvalue weighted by molar-refractivity contribution is 9.10. The SMILES string of the molecule is C[C@H]1OC(c2ccc(OCCCO)cc2)=N[C@@]1(Cc1ccc(Br)cc1)C(=O)NCc1ccc(OC(F)(F)F)cc1. The summed E-state index contributed by atoms with van der Waals surface area (Å²) in [6.07, 6.45) is -4.61. The quantitative estimate of drug-likeness (QED) is 0.274. The zero-order valence-corrected chi connectivity index (χ0v) is 23.2. The van der Waals surface area contributed by atoms with E-state index in [0.717, 1.165) is 10.0 Å². The monoisotopic (exact) mass is 620 g/mol. The fourth-order valence-corrected chi connectivity index (χ4v) is 4.47. The molecule has 3 aromatic rings. The number of benzene rings is 3. The van der Waals surface area contributed by atoms with Crippen molar-refractivity contribution >= 4 is 27.7 Å². The van der Waals surface area contributed by atoms with Crippen LogP contribution in [-0.4, -0.2) is 48.1 Å². The molecule has 0 spiro atoms. The molecule has 1 amide bonds. The predicted octanol–water partition coefficient (Wildman–Crippen LogP) is 5.57. The van der Waals surface area contributed by atoms with Crippen LogP contribution in [0.25, 0.3) is 0 Å². The number of alkyl halides is 3. The van der Waals surface area contributed by atoms with Crippen LogP contribution >= 0.6 is 15.9 Å². The maximum atomic E-state index is 13.7. The van der Waals surface area contributed by atoms with E-state index in [0.29, 0.717) is 35.8 Å². The van der Waals surface area contributed by atoms with Crippen molar-refractivity contribution in [2.75, 3.05) is 13.2 Å². The molecule has 3 aromatic carbocycles. The number of amides is 1. The molecule has 0 unspecified atom stereocenters. The van der Waals surface area contributed by atoms with Crippen LogP contribution < -0.4 is 14.8 Å². The Morgan fingerprint density at radius 2 is 1.65 bits per heavy atom. The number of halogens is 4. The van der Waals surface area contributed by atoms with Crippen LogP contribution in [0, 0.1) is 0 Å². The van der Waals surface area contributed by atoms with Gasteiger partial charge in [-0.3, -0.25) is 4.79 Å². The molecule has 0 saturated heterocycles. The van der Waals surface area contributed by atoms with Gasteiger partial charge in [-0.15, -0.1) is 13.2 Å². The van der Waals surface area contributed by atoms with Gasteiger partial charge >= 0.3 is 6.36 Å². The highest BCUT2D eigenvalue weighted by atomic mass is 79.9. The second-order valence-corrected chi connectivity index (χ2v) is 10.1. The third-order valence-corrected chi connectivity index (χ3v) is 6.85. The van der Waals surface area contributed by atoms with Gasteiger partial charge in [0.15, 0.2) is 5.54 Å². The van der Waals surface area contributed by atoms with Crippen LogP contribution in [0.15, 0.2) is 82.3 Å². The van der Waals surface area contributed by atoms with Gasteiger partial charge in [-0.2, -0.15) is 0 Å². The third kappa shape index (κ3) is 7.54. The molecule has 11 heteroatoms. The molecule has 0 fully saturated rings. The molecule has 0 aromatic heterocycles. The summed E-state index contributed by atoms with van der Waals surface area (Å²) in [4.78, 5) is 18.5. The Balaban J connectivity index is 1.55. The van der Waals surface area contributed by atoms with E-state index in [2.05, 4.69) is 26.0 Å². The topological polar surface area (TPSA) is 89.4 Å². The predicted molar refractivity (Wildman–Crippen MR) is 146 cm³/mol. The van der Waals surface area contributed by atoms with E-state index in [9.17, 15) is 18.0 Å². The van der Waals surface area contributed by atoms with E-state index < -0.39 is 18.0 Å². The molecule has 40 heavy (non-hydrogen) atoms. The Hall–Kier alpha value is -3.57. The number of rotatable bonds is 11. The summed E-state index contributed by atoms with van der Waals surface area (Å²) in [5.74, 6) is 0.230. The van der Waals surface area contributed by atoms with E-state index in [4.69, 9.17) is 19.6 Å². The van der Waals surface area contributed by atoms with Gasteiger partial charge in [-0.05, 0) is 66.6 Å². The van der Waals surface area contributed by atoms with Crippen LogP contribution in [0.5, 0.6) is 11.5 Å². The number of hydrogen-bond donors (Lipinski definition) is 2. The van der Waals surface area contributed by atoms with E-state index >= 15 is 0 Å². The zero-order chi connectivity index (χ0) is 28.8. The molecule has 0 bridgehead atoms. The maximum Gasteiger partial charge on any atom is 0.573 e. The first-order chi connectivity index (χ1) is 19.1. The molecule has 4 rings (SSSR count). The molecule has 1 aliphatic rings. The second-order valence-electron chi connectivity index (χ2n) is 9.23. The zero-order valence-electron chi connectivity index (χ0n) is 21.6. The van der Waals surface area contributed by atoms with Crippen molar-refractivity contribution < 1.29 is 37.3 Å². The minimum Gasteiger partial charge on any atom is -0.494 e. The van der Waals surface area contributed by atoms with Gasteiger partial charge in [0.25, 0.3) is 5.91 Å². The molecular weight excluding hydrogens is 593 g/mol. The van der Waals surface area contributed by atoms with Crippen LogP contribution in [0.4, 0.5) is 13.2 Å². The van der Waals surface area contributed by atoms with E-state index in [-0.39, 0.29) is 31.2 Å². The van der Waals surface area contributed by atoms with Gasteiger partial charge in [0.05, 0.1) is 6.61 Å². The first kappa shape index (κ1) is 29.4. The van der Waals surface area contributed by atoms with Crippen LogP contribution in [0.1, 0.15) is 30.0 Å². The van der Waals surface area contributed by atoms with Gasteiger partial charge in [-0.1, -0.05) is 40.2 Å². The number of nitrogens with zero attached hydrogens (tertiary/aromatic N) is 1. The Kier molecular flexibility index (Phi) is 9.36. The Morgan fingerprint density at radius 1 is 1.02 bits per heavy atom. The lowest BCUT2D eigenvalue weighted by Crippen LogP contribution is -2.52. The van der Waals surface area contributed by atoms with Crippen LogP contribution in [0.2, 0.25) is 0 Å². The Morgan fingerprint density at radius 3 is 2.27 bits per heavy atom. The van der Waals surface area contributed by atoms with Crippen LogP contribution in [-0.2, 0) is 22.5 Å². The number of hydrogen-bond acceptors (Lipinski definition) is 6. The smallest absolute Gasteiger partial charge is 0.494 e. The number of carbonyl (C=O) groups excluding carboxylic acids is 1. The number of aliphatic hydroxyl groups is 1. The standard InChI is InChI=1S/C29H28BrF3N2O5/c1-19-28(17-20-3-9-23(30)10-4-20,27(37)34-18-21-5-11-25(12-6-21)40-29(31,32)33)35-26(39-19)22-7-13-24(14-8-22)38-16-2-15-36/h3-14,19,36H,2,15-18H2,1H3,(H,34,37)/t19-,28-/m1/s1. The van der Waals surface area contributed by atoms with Crippen molar-refractivity contribution in [3.8, 4) is 11.5 Å². The molecule has 1 heterocycles. The van der Waals surface area contributed by atoms with Gasteiger partial charge in [-0.25, -0.2) is 4.99 Å². The summed E-state index contributed by atoms with van der Waals surface area (Å²) in [5, 5.41) is 11.8. The summed E-state index contributed by atoms with van der Waals surface area (Å²) in [7, 11) is 0. The van der Waals surface area contributed by atoms with Gasteiger partial charge in [0.2, 0.25) is 5.90 Å². The Bertz CT molecular complexity index is 1320. The lowest BCUT2D eigenvalue weighted by molar-refractivity contribution is -0.274. The van der Waals surface area contributed by atoms with Crippen molar-refractivity contribution in [3.05, 3.63) is 94.0 Å². The Labute approximate surface area is 238 Å². The molecule has 0 saturated carbocycles. The van der Waals surface area contributed by atoms with Crippen molar-refractivity contribution in [3.63, 3.8) is 0 Å². The third-order valence-electron chi connectivity index (χ3n) is 6.32. The lowest BCUT2D eigenvalue weighted by Gasteiger charge is -2.28. The van der Waals surface area contributed by atoms with Gasteiger partial charge < -0.3 is 24.6 Å². The summed E-state index contributed by atoms with van der Waals surface area (Å²) < 4.78 is 53.9. The van der Waals surface area contributed by atoms with E-state index in [1.54, 1.807) is 31.2 Å². The molecule has 0 aliphatic carbocycles. The molecule has 0 radical (unpaired) electrons. The average Bonchev–Trinajstić information content (AvgIpc) is 3.26. The van der Waals surface area contributed by atoms with Crippen molar-refractivity contribution in [1.82, 2.24) is 5.32 Å². The maximum absolute atomic E-state index is 13.7. The number of carbonyl (C=O) groups is 1. The number of aliphatic imine (C=N–C) groups is 1. The molecular formula is C29H28BrF3N2O5. The second kappa shape index (κ2) is 12.7. The first-order valence-electron chi connectivity index (χ1n) is 12.6. The van der Waals surface area contributed by atoms with Crippen molar-refractivity contribution in [2.24, 2.45) is 4.99 Å². The normalized spacial score (nSPS) is 18.6. The average molecular weight is 621 g/mol. The summed E-state index contributed by atoms with van der Waals surface area (Å²) >= 11 is 3.42. The molecule has 2 N–H and O–H groups in total. The minimum absolute atomic E-state index is 0.0426. The number of nitrogens with one attached hydrogen (secondary N) is 1. The first-order valence-corrected chi connectivity index (χ1v) is 13.4. The number of ether oxygens (including phenoxy) is 3. The summed E-state index contributed by atoms with van der Waals surface area (Å²) in [5.41, 5.74) is 0.847. The van der Waals surface area contributed by atoms with Gasteiger partial charge in [0.1, 0.15) is 17.6 Å². The highest BCUT2D eigenvalue weighted by Gasteiger charge is 2.50. The van der Waals surface area contributed by atoms with Crippen molar-refractivity contribution in [1.29, 1.82) is 0 Å². The lowest BCUT2D eigenvalue weighted by atomic mass is 9.86. The molecule has 2 atom stereocenters. The van der Waals surface area contributed by atoms with E-state index in [1.165, 1.54) is 24.3 Å². The fraction of sp³-hybridized carbons (Fsp3) is 0.310. The number of aliphatic hydroxyl groups excluding tert-OH is 1. The van der Waals surface area contributed by atoms with Crippen LogP contribution in [0.3, 0.4) is 0 Å².